The second-order valence-electron chi connectivity index (χ2n) is 5.98. The van der Waals surface area contributed by atoms with Crippen LogP contribution in [0.15, 0.2) is 29.3 Å². The summed E-state index contributed by atoms with van der Waals surface area (Å²) in [4.78, 5) is 8.84. The van der Waals surface area contributed by atoms with Crippen LogP contribution in [0.2, 0.25) is 0 Å². The van der Waals surface area contributed by atoms with E-state index in [-0.39, 0.29) is 24.0 Å². The molecule has 5 nitrogen and oxygen atoms in total. The van der Waals surface area contributed by atoms with Gasteiger partial charge < -0.3 is 20.3 Å². The van der Waals surface area contributed by atoms with Crippen molar-refractivity contribution in [1.29, 1.82) is 0 Å². The average Bonchev–Trinajstić information content (AvgIpc) is 2.54. The Labute approximate surface area is 156 Å². The van der Waals surface area contributed by atoms with Crippen molar-refractivity contribution in [2.75, 3.05) is 40.3 Å². The molecular weight excluding hydrogens is 403 g/mol. The molecule has 0 aromatic heterocycles. The number of aliphatic imine (C=N–C) groups is 1. The number of hydrogen-bond donors (Lipinski definition) is 1. The van der Waals surface area contributed by atoms with Gasteiger partial charge in [0.1, 0.15) is 12.4 Å². The molecule has 0 aliphatic carbocycles. The van der Waals surface area contributed by atoms with Gasteiger partial charge in [-0.05, 0) is 39.4 Å². The zero-order valence-electron chi connectivity index (χ0n) is 14.2. The number of nitrogens with zero attached hydrogens (tertiary/aromatic N) is 3. The van der Waals surface area contributed by atoms with E-state index in [1.807, 2.05) is 32.3 Å². The lowest BCUT2D eigenvalue weighted by molar-refractivity contribution is 0.259. The Balaban J connectivity index is 0.00000264. The van der Waals surface area contributed by atoms with Crippen molar-refractivity contribution in [3.05, 3.63) is 29.8 Å². The molecule has 1 aromatic rings. The van der Waals surface area contributed by atoms with Crippen molar-refractivity contribution in [2.24, 2.45) is 10.7 Å². The zero-order valence-corrected chi connectivity index (χ0v) is 16.5. The zero-order chi connectivity index (χ0) is 15.8. The van der Waals surface area contributed by atoms with Crippen molar-refractivity contribution >= 4 is 29.9 Å². The maximum Gasteiger partial charge on any atom is 0.191 e. The normalized spacial score (nSPS) is 15.4. The molecule has 1 fully saturated rings. The van der Waals surface area contributed by atoms with E-state index < -0.39 is 0 Å². The molecule has 130 valence electrons. The van der Waals surface area contributed by atoms with Crippen LogP contribution in [0, 0.1) is 0 Å². The first-order valence-electron chi connectivity index (χ1n) is 8.07. The third-order valence-electron chi connectivity index (χ3n) is 3.86. The molecular formula is C17H29IN4O. The summed E-state index contributed by atoms with van der Waals surface area (Å²) in [6.07, 6.45) is 3.72. The summed E-state index contributed by atoms with van der Waals surface area (Å²) in [6, 6.07) is 8.06. The van der Waals surface area contributed by atoms with E-state index in [1.54, 1.807) is 0 Å². The number of hydrogen-bond acceptors (Lipinski definition) is 3. The van der Waals surface area contributed by atoms with Gasteiger partial charge in [-0.25, -0.2) is 4.99 Å². The van der Waals surface area contributed by atoms with E-state index >= 15 is 0 Å². The number of ether oxygens (including phenoxy) is 1. The lowest BCUT2D eigenvalue weighted by atomic mass is 10.1. The summed E-state index contributed by atoms with van der Waals surface area (Å²) >= 11 is 0. The number of piperidine rings is 1. The van der Waals surface area contributed by atoms with Gasteiger partial charge in [0.2, 0.25) is 0 Å². The molecule has 1 aliphatic rings. The largest absolute Gasteiger partial charge is 0.492 e. The van der Waals surface area contributed by atoms with Gasteiger partial charge in [-0.3, -0.25) is 0 Å². The fraction of sp³-hybridized carbons (Fsp3) is 0.588. The van der Waals surface area contributed by atoms with Crippen LogP contribution in [0.3, 0.4) is 0 Å². The third kappa shape index (κ3) is 6.95. The van der Waals surface area contributed by atoms with Crippen LogP contribution in [-0.2, 0) is 6.54 Å². The van der Waals surface area contributed by atoms with Crippen LogP contribution in [0.25, 0.3) is 0 Å². The first-order valence-corrected chi connectivity index (χ1v) is 8.07. The maximum absolute atomic E-state index is 6.11. The van der Waals surface area contributed by atoms with E-state index in [9.17, 15) is 0 Å². The summed E-state index contributed by atoms with van der Waals surface area (Å²) in [5.41, 5.74) is 7.20. The highest BCUT2D eigenvalue weighted by Gasteiger charge is 2.12. The smallest absolute Gasteiger partial charge is 0.191 e. The SMILES string of the molecule is CN(C)CCOc1ccccc1CN=C(N)N1CCCCC1.I. The monoisotopic (exact) mass is 432 g/mol. The van der Waals surface area contributed by atoms with Crippen LogP contribution in [0.1, 0.15) is 24.8 Å². The van der Waals surface area contributed by atoms with Gasteiger partial charge in [0, 0.05) is 25.2 Å². The molecule has 0 bridgehead atoms. The number of halogens is 1. The highest BCUT2D eigenvalue weighted by molar-refractivity contribution is 14.0. The molecule has 23 heavy (non-hydrogen) atoms. The lowest BCUT2D eigenvalue weighted by Gasteiger charge is -2.27. The molecule has 2 N–H and O–H groups in total. The molecule has 0 spiro atoms. The minimum Gasteiger partial charge on any atom is -0.492 e. The second kappa shape index (κ2) is 10.7. The molecule has 0 saturated carbocycles. The van der Waals surface area contributed by atoms with Crippen LogP contribution in [0.5, 0.6) is 5.75 Å². The van der Waals surface area contributed by atoms with E-state index in [1.165, 1.54) is 19.3 Å². The van der Waals surface area contributed by atoms with Crippen LogP contribution in [-0.4, -0.2) is 56.1 Å². The lowest BCUT2D eigenvalue weighted by Crippen LogP contribution is -2.40. The Morgan fingerprint density at radius 2 is 1.91 bits per heavy atom. The van der Waals surface area contributed by atoms with Crippen LogP contribution < -0.4 is 10.5 Å². The minimum atomic E-state index is 0. The summed E-state index contributed by atoms with van der Waals surface area (Å²) in [5, 5.41) is 0. The summed E-state index contributed by atoms with van der Waals surface area (Å²) in [7, 11) is 4.08. The maximum atomic E-state index is 6.11. The van der Waals surface area contributed by atoms with Crippen molar-refractivity contribution in [1.82, 2.24) is 9.80 Å². The van der Waals surface area contributed by atoms with Crippen molar-refractivity contribution in [3.8, 4) is 5.75 Å². The Hall–Kier alpha value is -1.02. The van der Waals surface area contributed by atoms with Crippen LogP contribution in [0.4, 0.5) is 0 Å². The van der Waals surface area contributed by atoms with Gasteiger partial charge in [-0.1, -0.05) is 18.2 Å². The van der Waals surface area contributed by atoms with Crippen molar-refractivity contribution in [3.63, 3.8) is 0 Å². The molecule has 1 heterocycles. The molecule has 0 amide bonds. The average molecular weight is 432 g/mol. The highest BCUT2D eigenvalue weighted by atomic mass is 127. The van der Waals surface area contributed by atoms with E-state index in [0.717, 1.165) is 30.9 Å². The summed E-state index contributed by atoms with van der Waals surface area (Å²) in [5.74, 6) is 1.56. The van der Waals surface area contributed by atoms with Crippen molar-refractivity contribution in [2.45, 2.75) is 25.8 Å². The molecule has 1 aliphatic heterocycles. The molecule has 1 saturated heterocycles. The molecule has 6 heteroatoms. The van der Waals surface area contributed by atoms with E-state index in [0.29, 0.717) is 19.1 Å². The Morgan fingerprint density at radius 1 is 1.22 bits per heavy atom. The molecule has 0 atom stereocenters. The molecule has 0 unspecified atom stereocenters. The van der Waals surface area contributed by atoms with Gasteiger partial charge >= 0.3 is 0 Å². The predicted molar refractivity (Wildman–Crippen MR) is 107 cm³/mol. The highest BCUT2D eigenvalue weighted by Crippen LogP contribution is 2.19. The topological polar surface area (TPSA) is 54.1 Å². The minimum absolute atomic E-state index is 0. The molecule has 0 radical (unpaired) electrons. The fourth-order valence-corrected chi connectivity index (χ4v) is 2.50. The van der Waals surface area contributed by atoms with Gasteiger partial charge in [0.05, 0.1) is 6.54 Å². The first kappa shape index (κ1) is 20.0. The Kier molecular flexibility index (Phi) is 9.31. The van der Waals surface area contributed by atoms with Gasteiger partial charge in [0.15, 0.2) is 5.96 Å². The number of benzene rings is 1. The summed E-state index contributed by atoms with van der Waals surface area (Å²) in [6.45, 7) is 4.19. The van der Waals surface area contributed by atoms with Crippen molar-refractivity contribution < 1.29 is 4.74 Å². The number of para-hydroxylation sites is 1. The number of rotatable bonds is 6. The first-order chi connectivity index (χ1) is 10.7. The fourth-order valence-electron chi connectivity index (χ4n) is 2.50. The third-order valence-corrected chi connectivity index (χ3v) is 3.86. The number of likely N-dealkylation sites (tertiary alicyclic amines) is 1. The molecule has 1 aromatic carbocycles. The summed E-state index contributed by atoms with van der Waals surface area (Å²) < 4.78 is 5.86. The van der Waals surface area contributed by atoms with Gasteiger partial charge in [0.25, 0.3) is 0 Å². The Bertz CT molecular complexity index is 487. The molecule has 2 rings (SSSR count). The van der Waals surface area contributed by atoms with Gasteiger partial charge in [-0.2, -0.15) is 0 Å². The standard InChI is InChI=1S/C17H28N4O.HI/c1-20(2)12-13-22-16-9-5-4-8-15(16)14-19-17(18)21-10-6-3-7-11-21;/h4-5,8-9H,3,6-7,10-14H2,1-2H3,(H2,18,19);1H. The Morgan fingerprint density at radius 3 is 2.61 bits per heavy atom. The number of likely N-dealkylation sites (N-methyl/N-ethyl adjacent to an activating group) is 1. The quantitative estimate of drug-likeness (QED) is 0.427. The number of nitrogens with two attached hydrogens (primary N) is 1. The van der Waals surface area contributed by atoms with E-state index in [2.05, 4.69) is 20.9 Å². The van der Waals surface area contributed by atoms with Crippen LogP contribution >= 0.6 is 24.0 Å². The predicted octanol–water partition coefficient (Wildman–Crippen LogP) is 2.55. The van der Waals surface area contributed by atoms with Gasteiger partial charge in [-0.15, -0.1) is 24.0 Å². The number of guanidine groups is 1. The second-order valence-corrected chi connectivity index (χ2v) is 5.98. The van der Waals surface area contributed by atoms with E-state index in [4.69, 9.17) is 10.5 Å².